The van der Waals surface area contributed by atoms with Gasteiger partial charge < -0.3 is 11.1 Å². The summed E-state index contributed by atoms with van der Waals surface area (Å²) in [6.07, 6.45) is 5.29. The van der Waals surface area contributed by atoms with E-state index in [1.807, 2.05) is 12.1 Å². The largest absolute Gasteiger partial charge is 0.397 e. The van der Waals surface area contributed by atoms with E-state index in [1.54, 1.807) is 36.4 Å². The number of rotatable bonds is 2. The average Bonchev–Trinajstić information content (AvgIpc) is 2.41. The third-order valence-corrected chi connectivity index (χ3v) is 2.50. The molecule has 0 unspecified atom stereocenters. The van der Waals surface area contributed by atoms with Crippen molar-refractivity contribution in [2.45, 2.75) is 0 Å². The molecule has 0 fully saturated rings. The van der Waals surface area contributed by atoms with Crippen LogP contribution >= 0.6 is 0 Å². The minimum absolute atomic E-state index is 0.231. The number of para-hydroxylation sites is 2. The number of amides is 1. The van der Waals surface area contributed by atoms with E-state index in [2.05, 4.69) is 11.2 Å². The zero-order valence-electron chi connectivity index (χ0n) is 9.68. The van der Waals surface area contributed by atoms with E-state index in [0.29, 0.717) is 22.5 Å². The molecule has 1 amide bonds. The Bertz CT molecular complexity index is 626. The van der Waals surface area contributed by atoms with Gasteiger partial charge in [-0.2, -0.15) is 0 Å². The fourth-order valence-corrected chi connectivity index (χ4v) is 1.56. The van der Waals surface area contributed by atoms with Crippen LogP contribution in [0, 0.1) is 12.3 Å². The van der Waals surface area contributed by atoms with E-state index in [0.717, 1.165) is 0 Å². The van der Waals surface area contributed by atoms with E-state index in [-0.39, 0.29) is 5.91 Å². The predicted molar refractivity (Wildman–Crippen MR) is 73.2 cm³/mol. The van der Waals surface area contributed by atoms with Crippen molar-refractivity contribution < 1.29 is 4.79 Å². The number of anilines is 2. The first-order chi connectivity index (χ1) is 8.70. The highest BCUT2D eigenvalue weighted by Gasteiger charge is 2.07. The van der Waals surface area contributed by atoms with Gasteiger partial charge in [0.25, 0.3) is 5.91 Å². The molecule has 3 N–H and O–H groups in total. The Morgan fingerprint density at radius 2 is 1.94 bits per heavy atom. The molecule has 88 valence electrons. The lowest BCUT2D eigenvalue weighted by atomic mass is 10.1. The van der Waals surface area contributed by atoms with Crippen molar-refractivity contribution in [2.75, 3.05) is 11.1 Å². The summed E-state index contributed by atoms with van der Waals surface area (Å²) < 4.78 is 0. The lowest BCUT2D eigenvalue weighted by Gasteiger charge is -2.07. The zero-order valence-corrected chi connectivity index (χ0v) is 9.68. The summed E-state index contributed by atoms with van der Waals surface area (Å²) in [5.41, 5.74) is 8.05. The lowest BCUT2D eigenvalue weighted by molar-refractivity contribution is 0.102. The standard InChI is InChI=1S/C15H12N2O/c1-2-11-6-5-7-12(10-11)15(18)17-14-9-4-3-8-13(14)16/h1,3-10H,16H2,(H,17,18). The fraction of sp³-hybridized carbons (Fsp3) is 0. The summed E-state index contributed by atoms with van der Waals surface area (Å²) in [5.74, 6) is 2.26. The highest BCUT2D eigenvalue weighted by Crippen LogP contribution is 2.18. The lowest BCUT2D eigenvalue weighted by Crippen LogP contribution is -2.13. The van der Waals surface area contributed by atoms with Crippen LogP contribution in [0.4, 0.5) is 11.4 Å². The van der Waals surface area contributed by atoms with Gasteiger partial charge in [-0.1, -0.05) is 24.1 Å². The normalized spacial score (nSPS) is 9.50. The Balaban J connectivity index is 2.23. The molecule has 0 aliphatic carbocycles. The summed E-state index contributed by atoms with van der Waals surface area (Å²) in [6.45, 7) is 0. The van der Waals surface area contributed by atoms with Gasteiger partial charge in [0.1, 0.15) is 0 Å². The summed E-state index contributed by atoms with van der Waals surface area (Å²) in [6, 6.07) is 14.0. The maximum Gasteiger partial charge on any atom is 0.255 e. The summed E-state index contributed by atoms with van der Waals surface area (Å²) >= 11 is 0. The second-order valence-corrected chi connectivity index (χ2v) is 3.77. The number of nitrogens with one attached hydrogen (secondary N) is 1. The molecule has 0 aliphatic rings. The Kier molecular flexibility index (Phi) is 3.31. The number of hydrogen-bond donors (Lipinski definition) is 2. The van der Waals surface area contributed by atoms with Gasteiger partial charge in [0, 0.05) is 11.1 Å². The molecule has 0 aliphatic heterocycles. The Morgan fingerprint density at radius 3 is 2.67 bits per heavy atom. The van der Waals surface area contributed by atoms with Gasteiger partial charge in [-0.25, -0.2) is 0 Å². The highest BCUT2D eigenvalue weighted by molar-refractivity contribution is 6.05. The number of nitrogen functional groups attached to an aromatic ring is 1. The van der Waals surface area contributed by atoms with Crippen molar-refractivity contribution in [1.82, 2.24) is 0 Å². The second-order valence-electron chi connectivity index (χ2n) is 3.77. The van der Waals surface area contributed by atoms with Gasteiger partial charge in [0.2, 0.25) is 0 Å². The van der Waals surface area contributed by atoms with Crippen LogP contribution in [0.15, 0.2) is 48.5 Å². The number of nitrogens with two attached hydrogens (primary N) is 1. The molecule has 0 atom stereocenters. The third-order valence-electron chi connectivity index (χ3n) is 2.50. The van der Waals surface area contributed by atoms with Crippen LogP contribution in [0.2, 0.25) is 0 Å². The SMILES string of the molecule is C#Cc1cccc(C(=O)Nc2ccccc2N)c1. The molecule has 0 bridgehead atoms. The molecule has 2 aromatic carbocycles. The number of benzene rings is 2. The van der Waals surface area contributed by atoms with Gasteiger partial charge in [-0.15, -0.1) is 6.42 Å². The quantitative estimate of drug-likeness (QED) is 0.621. The summed E-state index contributed by atoms with van der Waals surface area (Å²) in [4.78, 5) is 12.0. The molecule has 2 aromatic rings. The second kappa shape index (κ2) is 5.07. The molecule has 3 nitrogen and oxygen atoms in total. The fourth-order valence-electron chi connectivity index (χ4n) is 1.56. The molecule has 2 rings (SSSR count). The van der Waals surface area contributed by atoms with Crippen LogP contribution in [-0.4, -0.2) is 5.91 Å². The molecule has 18 heavy (non-hydrogen) atoms. The molecule has 0 aromatic heterocycles. The minimum atomic E-state index is -0.231. The average molecular weight is 236 g/mol. The van der Waals surface area contributed by atoms with Crippen LogP contribution in [0.25, 0.3) is 0 Å². The van der Waals surface area contributed by atoms with Crippen molar-refractivity contribution in [3.05, 3.63) is 59.7 Å². The van der Waals surface area contributed by atoms with Crippen LogP contribution in [0.1, 0.15) is 15.9 Å². The maximum atomic E-state index is 12.0. The summed E-state index contributed by atoms with van der Waals surface area (Å²) in [7, 11) is 0. The van der Waals surface area contributed by atoms with Gasteiger partial charge in [-0.05, 0) is 30.3 Å². The predicted octanol–water partition coefficient (Wildman–Crippen LogP) is 2.50. The number of carbonyl (C=O) groups excluding carboxylic acids is 1. The van der Waals surface area contributed by atoms with Crippen molar-refractivity contribution >= 4 is 17.3 Å². The zero-order chi connectivity index (χ0) is 13.0. The molecule has 0 saturated carbocycles. The molecular formula is C15H12N2O. The maximum absolute atomic E-state index is 12.0. The van der Waals surface area contributed by atoms with Crippen LogP contribution in [-0.2, 0) is 0 Å². The first-order valence-electron chi connectivity index (χ1n) is 5.43. The molecule has 0 spiro atoms. The van der Waals surface area contributed by atoms with Crippen LogP contribution in [0.5, 0.6) is 0 Å². The molecule has 3 heteroatoms. The van der Waals surface area contributed by atoms with Crippen molar-refractivity contribution in [1.29, 1.82) is 0 Å². The Labute approximate surface area is 106 Å². The van der Waals surface area contributed by atoms with Gasteiger partial charge >= 0.3 is 0 Å². The monoisotopic (exact) mass is 236 g/mol. The van der Waals surface area contributed by atoms with Crippen molar-refractivity contribution in [3.8, 4) is 12.3 Å². The molecule has 0 heterocycles. The van der Waals surface area contributed by atoms with Crippen LogP contribution < -0.4 is 11.1 Å². The van der Waals surface area contributed by atoms with Crippen LogP contribution in [0.3, 0.4) is 0 Å². The number of terminal acetylenes is 1. The van der Waals surface area contributed by atoms with E-state index < -0.39 is 0 Å². The third kappa shape index (κ3) is 2.50. The summed E-state index contributed by atoms with van der Waals surface area (Å²) in [5, 5.41) is 2.75. The smallest absolute Gasteiger partial charge is 0.255 e. The topological polar surface area (TPSA) is 55.1 Å². The Hall–Kier alpha value is -2.73. The molecule has 0 radical (unpaired) electrons. The molecule has 0 saturated heterocycles. The van der Waals surface area contributed by atoms with Gasteiger partial charge in [0.15, 0.2) is 0 Å². The Morgan fingerprint density at radius 1 is 1.17 bits per heavy atom. The van der Waals surface area contributed by atoms with Crippen molar-refractivity contribution in [2.24, 2.45) is 0 Å². The van der Waals surface area contributed by atoms with E-state index in [9.17, 15) is 4.79 Å². The first-order valence-corrected chi connectivity index (χ1v) is 5.43. The van der Waals surface area contributed by atoms with E-state index >= 15 is 0 Å². The minimum Gasteiger partial charge on any atom is -0.397 e. The van der Waals surface area contributed by atoms with Gasteiger partial charge in [-0.3, -0.25) is 4.79 Å². The number of hydrogen-bond acceptors (Lipinski definition) is 2. The van der Waals surface area contributed by atoms with Crippen molar-refractivity contribution in [3.63, 3.8) is 0 Å². The first kappa shape index (κ1) is 11.7. The number of carbonyl (C=O) groups is 1. The van der Waals surface area contributed by atoms with E-state index in [1.165, 1.54) is 0 Å². The van der Waals surface area contributed by atoms with Gasteiger partial charge in [0.05, 0.1) is 11.4 Å². The molecular weight excluding hydrogens is 224 g/mol. The highest BCUT2D eigenvalue weighted by atomic mass is 16.1. The van der Waals surface area contributed by atoms with E-state index in [4.69, 9.17) is 12.2 Å².